The highest BCUT2D eigenvalue weighted by Crippen LogP contribution is 2.09. The molecule has 122 valence electrons. The van der Waals surface area contributed by atoms with Gasteiger partial charge < -0.3 is 18.6 Å². The van der Waals surface area contributed by atoms with E-state index in [2.05, 4.69) is 0 Å². The van der Waals surface area contributed by atoms with Crippen molar-refractivity contribution in [3.63, 3.8) is 0 Å². The van der Waals surface area contributed by atoms with Gasteiger partial charge in [0.05, 0.1) is 0 Å². The maximum atomic E-state index is 5.34. The monoisotopic (exact) mass is 298 g/mol. The molecule has 1 aliphatic rings. The second-order valence-corrected chi connectivity index (χ2v) is 3.25. The van der Waals surface area contributed by atoms with Gasteiger partial charge in [0.1, 0.15) is 12.5 Å². The summed E-state index contributed by atoms with van der Waals surface area (Å²) in [5.41, 5.74) is 0. The van der Waals surface area contributed by atoms with Crippen molar-refractivity contribution in [2.24, 2.45) is 0 Å². The van der Waals surface area contributed by atoms with Crippen molar-refractivity contribution in [3.05, 3.63) is 30.3 Å². The van der Waals surface area contributed by atoms with E-state index in [0.29, 0.717) is 6.79 Å². The van der Waals surface area contributed by atoms with Crippen LogP contribution in [0.25, 0.3) is 0 Å². The van der Waals surface area contributed by atoms with Gasteiger partial charge in [-0.05, 0) is 25.8 Å². The zero-order valence-corrected chi connectivity index (χ0v) is 13.9. The summed E-state index contributed by atoms with van der Waals surface area (Å²) < 4.78 is 19.7. The molecule has 0 N–H and O–H groups in total. The number of rotatable bonds is 3. The smallest absolute Gasteiger partial charge is 0.521 e. The molecule has 0 saturated carbocycles. The first kappa shape index (κ1) is 25.0. The molecule has 6 heteroatoms. The zero-order valence-electron chi connectivity index (χ0n) is 13.9. The molecule has 1 aromatic carbocycles. The third-order valence-corrected chi connectivity index (χ3v) is 1.98. The van der Waals surface area contributed by atoms with Gasteiger partial charge in [0.15, 0.2) is 0 Å². The molecule has 1 fully saturated rings. The molecule has 0 unspecified atom stereocenters. The lowest BCUT2D eigenvalue weighted by Crippen LogP contribution is -2.31. The number of benzene rings is 1. The van der Waals surface area contributed by atoms with E-state index in [1.54, 1.807) is 7.11 Å². The predicted octanol–water partition coefficient (Wildman–Crippen LogP) is 4.63. The molecule has 1 heterocycles. The quantitative estimate of drug-likeness (QED) is 0.762. The molecular weight excluding hydrogens is 266 g/mol. The molecule has 2 rings (SSSR count). The van der Waals surface area contributed by atoms with Gasteiger partial charge >= 0.3 is 14.2 Å². The van der Waals surface area contributed by atoms with E-state index < -0.39 is 0 Å². The van der Waals surface area contributed by atoms with Gasteiger partial charge in [0, 0.05) is 7.11 Å². The van der Waals surface area contributed by atoms with Gasteiger partial charge in [-0.3, -0.25) is 0 Å². The highest BCUT2D eigenvalue weighted by molar-refractivity contribution is 6.44. The number of para-hydroxylation sites is 1. The summed E-state index contributed by atoms with van der Waals surface area (Å²) in [5, 5.41) is 0. The molecule has 0 amide bonds. The minimum absolute atomic E-state index is 0. The Labute approximate surface area is 132 Å². The normalized spacial score (nSPS) is 10.7. The second-order valence-electron chi connectivity index (χ2n) is 3.25. The second kappa shape index (κ2) is 19.0. The van der Waals surface area contributed by atoms with Crippen molar-refractivity contribution in [3.8, 4) is 5.75 Å². The van der Waals surface area contributed by atoms with Gasteiger partial charge in [-0.25, -0.2) is 0 Å². The first-order valence-corrected chi connectivity index (χ1v) is 7.20. The lowest BCUT2D eigenvalue weighted by Gasteiger charge is -2.18. The summed E-state index contributed by atoms with van der Waals surface area (Å²) in [5.74, 6) is 0.835. The van der Waals surface area contributed by atoms with E-state index in [4.69, 9.17) is 18.6 Å². The average molecular weight is 298 g/mol. The van der Waals surface area contributed by atoms with Crippen LogP contribution < -0.4 is 4.65 Å². The number of hydrogen-bond donors (Lipinski definition) is 0. The first-order valence-electron chi connectivity index (χ1n) is 7.20. The minimum Gasteiger partial charge on any atom is -0.536 e. The van der Waals surface area contributed by atoms with Crippen molar-refractivity contribution >= 4 is 14.2 Å². The Kier molecular flexibility index (Phi) is 22.7. The van der Waals surface area contributed by atoms with Crippen molar-refractivity contribution in [2.45, 2.75) is 48.8 Å². The molecule has 0 radical (unpaired) electrons. The fourth-order valence-electron chi connectivity index (χ4n) is 0.943. The van der Waals surface area contributed by atoms with E-state index in [0.717, 1.165) is 5.75 Å². The van der Waals surface area contributed by atoms with Crippen LogP contribution in [0.3, 0.4) is 0 Å². The Bertz CT molecular complexity index is 282. The largest absolute Gasteiger partial charge is 0.536 e. The van der Waals surface area contributed by atoms with Crippen molar-refractivity contribution < 1.29 is 18.6 Å². The van der Waals surface area contributed by atoms with Crippen LogP contribution in [0.4, 0.5) is 0 Å². The van der Waals surface area contributed by atoms with Crippen LogP contribution in [0.5, 0.6) is 5.75 Å². The van der Waals surface area contributed by atoms with Crippen molar-refractivity contribution in [1.82, 2.24) is 0 Å². The third kappa shape index (κ3) is 15.2. The number of hydrogen-bond acceptors (Lipinski definition) is 4. The summed E-state index contributed by atoms with van der Waals surface area (Å²) in [6.45, 7) is 12.2. The third-order valence-electron chi connectivity index (χ3n) is 1.98. The van der Waals surface area contributed by atoms with Crippen LogP contribution >= 0.6 is 0 Å². The van der Waals surface area contributed by atoms with Gasteiger partial charge in [-0.1, -0.05) is 53.3 Å². The Hall–Kier alpha value is -0.970. The Morgan fingerprint density at radius 3 is 1.76 bits per heavy atom. The van der Waals surface area contributed by atoms with Gasteiger partial charge in [0.2, 0.25) is 0 Å². The van der Waals surface area contributed by atoms with Crippen molar-refractivity contribution in [2.75, 3.05) is 13.9 Å². The maximum absolute atomic E-state index is 5.34. The van der Waals surface area contributed by atoms with Crippen LogP contribution in [0.1, 0.15) is 35.1 Å². The van der Waals surface area contributed by atoms with Crippen LogP contribution in [-0.4, -0.2) is 28.1 Å². The molecule has 21 heavy (non-hydrogen) atoms. The summed E-state index contributed by atoms with van der Waals surface area (Å²) in [7, 11) is 1.50. The van der Waals surface area contributed by atoms with Gasteiger partial charge in [-0.15, -0.1) is 0 Å². The van der Waals surface area contributed by atoms with E-state index >= 15 is 0 Å². The van der Waals surface area contributed by atoms with Gasteiger partial charge in [-0.2, -0.15) is 0 Å². The van der Waals surface area contributed by atoms with E-state index in [-0.39, 0.29) is 21.7 Å². The molecule has 0 atom stereocenters. The molecule has 0 spiro atoms. The Morgan fingerprint density at radius 2 is 1.48 bits per heavy atom. The molecule has 1 aliphatic heterocycles. The lowest BCUT2D eigenvalue weighted by molar-refractivity contribution is -0.00865. The maximum Gasteiger partial charge on any atom is 0.521 e. The average Bonchev–Trinajstić information content (AvgIpc) is 2.51. The minimum atomic E-state index is -0.183. The SMILES string of the molecule is C.CB1OCO1.CC.CC.COB(C)Oc1ccccc1. The molecule has 0 bridgehead atoms. The Balaban J connectivity index is -0.000000273. The lowest BCUT2D eigenvalue weighted by atomic mass is 9.94. The Morgan fingerprint density at radius 1 is 1.05 bits per heavy atom. The summed E-state index contributed by atoms with van der Waals surface area (Å²) in [6, 6.07) is 9.60. The van der Waals surface area contributed by atoms with Crippen molar-refractivity contribution in [1.29, 1.82) is 0 Å². The van der Waals surface area contributed by atoms with E-state index in [9.17, 15) is 0 Å². The molecule has 1 aromatic rings. The predicted molar refractivity (Wildman–Crippen MR) is 93.8 cm³/mol. The molecule has 1 saturated heterocycles. The molecule has 4 nitrogen and oxygen atoms in total. The van der Waals surface area contributed by atoms with Crippen LogP contribution in [0.2, 0.25) is 13.6 Å². The fourth-order valence-corrected chi connectivity index (χ4v) is 0.943. The summed E-state index contributed by atoms with van der Waals surface area (Å²) in [4.78, 5) is 0. The topological polar surface area (TPSA) is 36.9 Å². The zero-order chi connectivity index (χ0) is 15.8. The van der Waals surface area contributed by atoms with Crippen LogP contribution in [0.15, 0.2) is 30.3 Å². The first-order chi connectivity index (χ1) is 9.72. The highest BCUT2D eigenvalue weighted by atomic mass is 16.8. The summed E-state index contributed by atoms with van der Waals surface area (Å²) in [6.07, 6.45) is 0. The van der Waals surface area contributed by atoms with Gasteiger partial charge in [0.25, 0.3) is 0 Å². The highest BCUT2D eigenvalue weighted by Gasteiger charge is 2.17. The molecule has 0 aliphatic carbocycles. The van der Waals surface area contributed by atoms with E-state index in [1.807, 2.05) is 71.7 Å². The fraction of sp³-hybridized carbons (Fsp3) is 0.600. The van der Waals surface area contributed by atoms with Crippen LogP contribution in [0, 0.1) is 0 Å². The van der Waals surface area contributed by atoms with E-state index in [1.165, 1.54) is 0 Å². The molecular formula is C15H32B2O4. The molecule has 0 aromatic heterocycles. The standard InChI is InChI=1S/C8H11BO2.C2H5BO2.2C2H6.CH4/c1-9(10-2)11-8-6-4-3-5-7-8;1-3-4-2-5-3;2*1-2;/h3-7H,1-2H3;2H2,1H3;2*1-2H3;1H4. The summed E-state index contributed by atoms with van der Waals surface area (Å²) >= 11 is 0. The van der Waals surface area contributed by atoms with Crippen LogP contribution in [-0.2, 0) is 14.0 Å².